The van der Waals surface area contributed by atoms with Crippen LogP contribution in [0.4, 0.5) is 5.95 Å². The SMILES string of the molecule is CN=C(C)C(=CN)c1c(C)nc(N2CCC3(CCCC3)CC2)n2ccnc12. The predicted octanol–water partition coefficient (Wildman–Crippen LogP) is 3.59. The van der Waals surface area contributed by atoms with Crippen molar-refractivity contribution in [2.24, 2.45) is 16.1 Å². The first kappa shape index (κ1) is 18.0. The number of allylic oxidation sites excluding steroid dienone is 1. The maximum Gasteiger partial charge on any atom is 0.211 e. The predicted molar refractivity (Wildman–Crippen MR) is 111 cm³/mol. The van der Waals surface area contributed by atoms with Crippen molar-refractivity contribution in [2.75, 3.05) is 25.0 Å². The molecule has 1 saturated carbocycles. The number of piperidine rings is 1. The number of imidazole rings is 1. The molecule has 6 nitrogen and oxygen atoms in total. The van der Waals surface area contributed by atoms with Gasteiger partial charge in [0.05, 0.1) is 5.69 Å². The molecule has 144 valence electrons. The van der Waals surface area contributed by atoms with Crippen molar-refractivity contribution in [3.05, 3.63) is 29.9 Å². The Labute approximate surface area is 161 Å². The lowest BCUT2D eigenvalue weighted by Gasteiger charge is -2.40. The van der Waals surface area contributed by atoms with Crippen LogP contribution in [0.2, 0.25) is 0 Å². The first-order valence-electron chi connectivity index (χ1n) is 10.0. The van der Waals surface area contributed by atoms with Crippen molar-refractivity contribution in [3.8, 4) is 0 Å². The highest BCUT2D eigenvalue weighted by atomic mass is 15.3. The van der Waals surface area contributed by atoms with Gasteiger partial charge >= 0.3 is 0 Å². The van der Waals surface area contributed by atoms with E-state index in [0.29, 0.717) is 5.41 Å². The van der Waals surface area contributed by atoms with E-state index in [0.717, 1.165) is 47.2 Å². The summed E-state index contributed by atoms with van der Waals surface area (Å²) in [5.74, 6) is 0.999. The van der Waals surface area contributed by atoms with Gasteiger partial charge in [-0.2, -0.15) is 0 Å². The monoisotopic (exact) mass is 366 g/mol. The second-order valence-electron chi connectivity index (χ2n) is 8.08. The fraction of sp³-hybridized carbons (Fsp3) is 0.571. The minimum absolute atomic E-state index is 0.601. The van der Waals surface area contributed by atoms with Crippen LogP contribution in [0, 0.1) is 12.3 Å². The van der Waals surface area contributed by atoms with E-state index in [1.165, 1.54) is 38.5 Å². The van der Waals surface area contributed by atoms with Gasteiger partial charge in [0.1, 0.15) is 5.65 Å². The first-order chi connectivity index (χ1) is 13.1. The van der Waals surface area contributed by atoms with E-state index in [-0.39, 0.29) is 0 Å². The summed E-state index contributed by atoms with van der Waals surface area (Å²) in [7, 11) is 1.78. The Morgan fingerprint density at radius 2 is 1.93 bits per heavy atom. The molecule has 2 aromatic rings. The van der Waals surface area contributed by atoms with Gasteiger partial charge in [-0.1, -0.05) is 12.8 Å². The summed E-state index contributed by atoms with van der Waals surface area (Å²) in [6, 6.07) is 0. The van der Waals surface area contributed by atoms with Gasteiger partial charge in [0.2, 0.25) is 5.95 Å². The molecule has 2 fully saturated rings. The smallest absolute Gasteiger partial charge is 0.211 e. The normalized spacial score (nSPS) is 20.8. The van der Waals surface area contributed by atoms with Crippen LogP contribution < -0.4 is 10.6 Å². The highest BCUT2D eigenvalue weighted by Gasteiger charge is 2.37. The summed E-state index contributed by atoms with van der Waals surface area (Å²) < 4.78 is 2.11. The lowest BCUT2D eigenvalue weighted by atomic mass is 9.77. The number of anilines is 1. The number of aryl methyl sites for hydroxylation is 1. The molecule has 0 atom stereocenters. The van der Waals surface area contributed by atoms with E-state index < -0.39 is 0 Å². The largest absolute Gasteiger partial charge is 0.404 e. The van der Waals surface area contributed by atoms with Crippen LogP contribution in [0.15, 0.2) is 23.6 Å². The van der Waals surface area contributed by atoms with Gasteiger partial charge in [0.25, 0.3) is 0 Å². The molecule has 0 unspecified atom stereocenters. The van der Waals surface area contributed by atoms with E-state index in [9.17, 15) is 0 Å². The molecule has 1 aliphatic carbocycles. The lowest BCUT2D eigenvalue weighted by molar-refractivity contribution is 0.225. The van der Waals surface area contributed by atoms with Crippen molar-refractivity contribution >= 4 is 22.9 Å². The molecule has 0 aromatic carbocycles. The zero-order valence-electron chi connectivity index (χ0n) is 16.7. The summed E-state index contributed by atoms with van der Waals surface area (Å²) in [6.07, 6.45) is 13.7. The van der Waals surface area contributed by atoms with Crippen molar-refractivity contribution in [2.45, 2.75) is 52.4 Å². The summed E-state index contributed by atoms with van der Waals surface area (Å²) in [5.41, 5.74) is 11.1. The fourth-order valence-electron chi connectivity index (χ4n) is 4.92. The Hall–Kier alpha value is -2.37. The Bertz CT molecular complexity index is 891. The van der Waals surface area contributed by atoms with E-state index in [1.807, 2.05) is 26.2 Å². The van der Waals surface area contributed by atoms with Gasteiger partial charge in [-0.25, -0.2) is 9.97 Å². The number of hydrogen-bond acceptors (Lipinski definition) is 5. The van der Waals surface area contributed by atoms with Gasteiger partial charge < -0.3 is 10.6 Å². The zero-order chi connectivity index (χ0) is 19.0. The van der Waals surface area contributed by atoms with Crippen LogP contribution >= 0.6 is 0 Å². The maximum atomic E-state index is 5.94. The van der Waals surface area contributed by atoms with E-state index in [4.69, 9.17) is 10.7 Å². The Morgan fingerprint density at radius 1 is 1.22 bits per heavy atom. The molecule has 1 spiro atoms. The van der Waals surface area contributed by atoms with Crippen molar-refractivity contribution in [3.63, 3.8) is 0 Å². The molecule has 0 radical (unpaired) electrons. The van der Waals surface area contributed by atoms with Gasteiger partial charge in [-0.15, -0.1) is 0 Å². The summed E-state index contributed by atoms with van der Waals surface area (Å²) in [6.45, 7) is 6.17. The van der Waals surface area contributed by atoms with Crippen LogP contribution in [0.25, 0.3) is 11.2 Å². The Morgan fingerprint density at radius 3 is 2.56 bits per heavy atom. The Kier molecular flexibility index (Phi) is 4.66. The lowest BCUT2D eigenvalue weighted by Crippen LogP contribution is -2.40. The number of nitrogens with zero attached hydrogens (tertiary/aromatic N) is 5. The zero-order valence-corrected chi connectivity index (χ0v) is 16.7. The molecule has 0 bridgehead atoms. The average Bonchev–Trinajstić information content (AvgIpc) is 3.34. The van der Waals surface area contributed by atoms with Crippen LogP contribution in [-0.4, -0.2) is 40.2 Å². The third kappa shape index (κ3) is 3.01. The summed E-state index contributed by atoms with van der Waals surface area (Å²) >= 11 is 0. The second kappa shape index (κ2) is 6.98. The van der Waals surface area contributed by atoms with E-state index in [2.05, 4.69) is 19.3 Å². The number of nitrogens with two attached hydrogens (primary N) is 1. The summed E-state index contributed by atoms with van der Waals surface area (Å²) in [4.78, 5) is 16.4. The number of fused-ring (bicyclic) bond motifs is 1. The molecule has 1 aliphatic heterocycles. The quantitative estimate of drug-likeness (QED) is 0.843. The van der Waals surface area contributed by atoms with Crippen molar-refractivity contribution < 1.29 is 0 Å². The van der Waals surface area contributed by atoms with Crippen LogP contribution in [0.5, 0.6) is 0 Å². The third-order valence-corrected chi connectivity index (χ3v) is 6.64. The minimum atomic E-state index is 0.601. The van der Waals surface area contributed by atoms with Crippen molar-refractivity contribution in [1.29, 1.82) is 0 Å². The molecule has 27 heavy (non-hydrogen) atoms. The topological polar surface area (TPSA) is 71.8 Å². The van der Waals surface area contributed by atoms with E-state index in [1.54, 1.807) is 13.2 Å². The highest BCUT2D eigenvalue weighted by Crippen LogP contribution is 2.46. The molecular formula is C21H30N6. The maximum absolute atomic E-state index is 5.94. The molecule has 4 rings (SSSR count). The van der Waals surface area contributed by atoms with Gasteiger partial charge in [0.15, 0.2) is 0 Å². The third-order valence-electron chi connectivity index (χ3n) is 6.64. The number of aromatic nitrogens is 3. The van der Waals surface area contributed by atoms with Crippen LogP contribution in [0.3, 0.4) is 0 Å². The standard InChI is InChI=1S/C21H30N6/c1-15(23-3)17(14-22)18-16(2)25-20(27-13-10-24-19(18)27)26-11-8-21(9-12-26)6-4-5-7-21/h10,13-14H,4-9,11-12,22H2,1-3H3. The molecular weight excluding hydrogens is 336 g/mol. The average molecular weight is 367 g/mol. The van der Waals surface area contributed by atoms with Gasteiger partial charge in [-0.3, -0.25) is 9.39 Å². The van der Waals surface area contributed by atoms with Crippen LogP contribution in [0.1, 0.15) is 56.7 Å². The highest BCUT2D eigenvalue weighted by molar-refractivity contribution is 6.24. The molecule has 6 heteroatoms. The first-order valence-corrected chi connectivity index (χ1v) is 10.0. The molecule has 2 aromatic heterocycles. The second-order valence-corrected chi connectivity index (χ2v) is 8.08. The molecule has 0 amide bonds. The number of rotatable bonds is 3. The fourth-order valence-corrected chi connectivity index (χ4v) is 4.92. The van der Waals surface area contributed by atoms with E-state index >= 15 is 0 Å². The van der Waals surface area contributed by atoms with Crippen LogP contribution in [-0.2, 0) is 0 Å². The molecule has 1 saturated heterocycles. The molecule has 2 N–H and O–H groups in total. The molecule has 3 heterocycles. The minimum Gasteiger partial charge on any atom is -0.404 e. The number of aliphatic imine (C=N–C) groups is 1. The van der Waals surface area contributed by atoms with Gasteiger partial charge in [0, 0.05) is 55.6 Å². The number of hydrogen-bond donors (Lipinski definition) is 1. The summed E-state index contributed by atoms with van der Waals surface area (Å²) in [5, 5.41) is 0. The van der Waals surface area contributed by atoms with Gasteiger partial charge in [-0.05, 0) is 44.9 Å². The Balaban J connectivity index is 1.72. The molecule has 2 aliphatic rings. The van der Waals surface area contributed by atoms with Crippen molar-refractivity contribution in [1.82, 2.24) is 14.4 Å².